The summed E-state index contributed by atoms with van der Waals surface area (Å²) in [6.45, 7) is 1.63. The molecule has 2 aromatic carbocycles. The molecule has 1 aliphatic rings. The Bertz CT molecular complexity index is 1210. The van der Waals surface area contributed by atoms with Crippen LogP contribution in [0.2, 0.25) is 0 Å². The fourth-order valence-electron chi connectivity index (χ4n) is 4.12. The number of hydrogen-bond donors (Lipinski definition) is 2. The van der Waals surface area contributed by atoms with Gasteiger partial charge in [-0.1, -0.05) is 34.1 Å². The fourth-order valence-corrected chi connectivity index (χ4v) is 4.54. The molecule has 1 unspecified atom stereocenters. The predicted molar refractivity (Wildman–Crippen MR) is 135 cm³/mol. The Kier molecular flexibility index (Phi) is 10.0. The van der Waals surface area contributed by atoms with Crippen molar-refractivity contribution >= 4 is 39.8 Å². The third-order valence-corrected chi connectivity index (χ3v) is 6.53. The number of benzene rings is 2. The van der Waals surface area contributed by atoms with Crippen LogP contribution in [0, 0.1) is 5.82 Å². The van der Waals surface area contributed by atoms with Crippen molar-refractivity contribution in [1.29, 1.82) is 0 Å². The highest BCUT2D eigenvalue weighted by molar-refractivity contribution is 9.10. The van der Waals surface area contributed by atoms with Gasteiger partial charge in [0.15, 0.2) is 0 Å². The third-order valence-electron chi connectivity index (χ3n) is 6.04. The lowest BCUT2D eigenvalue weighted by Gasteiger charge is -2.42. The van der Waals surface area contributed by atoms with E-state index in [1.165, 1.54) is 0 Å². The molecule has 12 heteroatoms. The van der Waals surface area contributed by atoms with Crippen LogP contribution >= 0.6 is 15.9 Å². The highest BCUT2D eigenvalue weighted by atomic mass is 79.9. The minimum absolute atomic E-state index is 0.0522. The summed E-state index contributed by atoms with van der Waals surface area (Å²) in [5.41, 5.74) is -0.461. The molecule has 1 aliphatic heterocycles. The molecule has 204 valence electrons. The first-order valence-electron chi connectivity index (χ1n) is 11.8. The first-order chi connectivity index (χ1) is 17.9. The van der Waals surface area contributed by atoms with Gasteiger partial charge < -0.3 is 15.3 Å². The number of hydrogen-bond acceptors (Lipinski definition) is 4. The number of piperazine rings is 1. The molecule has 1 fully saturated rings. The van der Waals surface area contributed by atoms with Crippen LogP contribution in [0.3, 0.4) is 0 Å². The Labute approximate surface area is 225 Å². The van der Waals surface area contributed by atoms with Gasteiger partial charge in [0.25, 0.3) is 0 Å². The number of halogens is 5. The van der Waals surface area contributed by atoms with E-state index < -0.39 is 29.4 Å². The lowest BCUT2D eigenvalue weighted by atomic mass is 10.0. The summed E-state index contributed by atoms with van der Waals surface area (Å²) in [7, 11) is 0. The number of rotatable bonds is 9. The number of aliphatic carboxylic acids is 1. The number of carbonyl (C=O) groups is 3. The van der Waals surface area contributed by atoms with Crippen LogP contribution in [0.15, 0.2) is 53.0 Å². The van der Waals surface area contributed by atoms with E-state index >= 15 is 0 Å². The lowest BCUT2D eigenvalue weighted by Crippen LogP contribution is -2.53. The SMILES string of the molecule is O=C(O)CCCN1CCN(C(=O)CNC(=O)/C=C/c2ccc(C(F)(F)F)cc2F)C(c2cccc(Br)c2)C1. The molecular formula is C26H26BrF4N3O4. The molecule has 1 saturated heterocycles. The van der Waals surface area contributed by atoms with E-state index in [2.05, 4.69) is 26.1 Å². The molecule has 2 N–H and O–H groups in total. The van der Waals surface area contributed by atoms with Gasteiger partial charge in [-0.15, -0.1) is 0 Å². The van der Waals surface area contributed by atoms with E-state index in [1.807, 2.05) is 24.3 Å². The normalized spacial score (nSPS) is 16.6. The summed E-state index contributed by atoms with van der Waals surface area (Å²) in [4.78, 5) is 39.9. The number of carboxylic acids is 1. The van der Waals surface area contributed by atoms with Crippen molar-refractivity contribution in [2.75, 3.05) is 32.7 Å². The minimum atomic E-state index is -4.68. The molecule has 0 saturated carbocycles. The largest absolute Gasteiger partial charge is 0.481 e. The van der Waals surface area contributed by atoms with Gasteiger partial charge in [-0.05, 0) is 48.9 Å². The zero-order chi connectivity index (χ0) is 27.9. The van der Waals surface area contributed by atoms with E-state index in [0.717, 1.165) is 28.3 Å². The van der Waals surface area contributed by atoms with Crippen LogP contribution in [-0.2, 0) is 20.6 Å². The van der Waals surface area contributed by atoms with Gasteiger partial charge in [-0.25, -0.2) is 4.39 Å². The first-order valence-corrected chi connectivity index (χ1v) is 12.5. The van der Waals surface area contributed by atoms with Gasteiger partial charge in [0.2, 0.25) is 11.8 Å². The number of alkyl halides is 3. The van der Waals surface area contributed by atoms with Gasteiger partial charge in [-0.2, -0.15) is 13.2 Å². The van der Waals surface area contributed by atoms with Crippen LogP contribution < -0.4 is 5.32 Å². The second-order valence-electron chi connectivity index (χ2n) is 8.74. The van der Waals surface area contributed by atoms with E-state index in [1.54, 1.807) is 4.90 Å². The second kappa shape index (κ2) is 13.0. The third kappa shape index (κ3) is 8.38. The molecular weight excluding hydrogens is 574 g/mol. The maximum Gasteiger partial charge on any atom is 0.416 e. The Morgan fingerprint density at radius 1 is 1.13 bits per heavy atom. The van der Waals surface area contributed by atoms with E-state index in [0.29, 0.717) is 44.7 Å². The maximum atomic E-state index is 14.0. The van der Waals surface area contributed by atoms with Gasteiger partial charge in [0, 0.05) is 42.2 Å². The van der Waals surface area contributed by atoms with Crippen molar-refractivity contribution in [2.45, 2.75) is 25.1 Å². The van der Waals surface area contributed by atoms with Gasteiger partial charge in [0.1, 0.15) is 5.82 Å². The molecule has 0 radical (unpaired) electrons. The highest BCUT2D eigenvalue weighted by Crippen LogP contribution is 2.30. The predicted octanol–water partition coefficient (Wildman–Crippen LogP) is 4.49. The number of nitrogens with one attached hydrogen (secondary N) is 1. The Morgan fingerprint density at radius 3 is 2.55 bits per heavy atom. The molecule has 38 heavy (non-hydrogen) atoms. The zero-order valence-corrected chi connectivity index (χ0v) is 21.8. The van der Waals surface area contributed by atoms with Crippen molar-refractivity contribution in [3.63, 3.8) is 0 Å². The van der Waals surface area contributed by atoms with E-state index in [9.17, 15) is 31.9 Å². The summed E-state index contributed by atoms with van der Waals surface area (Å²) < 4.78 is 52.9. The fraction of sp³-hybridized carbons (Fsp3) is 0.346. The smallest absolute Gasteiger partial charge is 0.416 e. The van der Waals surface area contributed by atoms with Crippen molar-refractivity contribution in [3.8, 4) is 0 Å². The quantitative estimate of drug-likeness (QED) is 0.327. The molecule has 0 spiro atoms. The number of amides is 2. The van der Waals surface area contributed by atoms with Crippen LogP contribution in [0.25, 0.3) is 6.08 Å². The molecule has 0 aliphatic carbocycles. The summed E-state index contributed by atoms with van der Waals surface area (Å²) in [5.74, 6) is -3.04. The standard InChI is InChI=1S/C26H26BrF4N3O4/c27-20-4-1-3-18(13-20)22-16-33(10-2-5-25(37)38)11-12-34(22)24(36)15-32-23(35)9-7-17-6-8-19(14-21(17)28)26(29,30)31/h1,3-4,6-9,13-14,22H,2,5,10-12,15-16H2,(H,32,35)(H,37,38)/b9-7+. The molecule has 7 nitrogen and oxygen atoms in total. The number of carbonyl (C=O) groups excluding carboxylic acids is 2. The van der Waals surface area contributed by atoms with Gasteiger partial charge >= 0.3 is 12.1 Å². The topological polar surface area (TPSA) is 89.9 Å². The molecule has 1 heterocycles. The highest BCUT2D eigenvalue weighted by Gasteiger charge is 2.32. The Morgan fingerprint density at radius 2 is 1.89 bits per heavy atom. The molecule has 3 rings (SSSR count). The molecule has 1 atom stereocenters. The number of nitrogens with zero attached hydrogens (tertiary/aromatic N) is 2. The van der Waals surface area contributed by atoms with E-state index in [-0.39, 0.29) is 30.5 Å². The maximum absolute atomic E-state index is 14.0. The van der Waals surface area contributed by atoms with Gasteiger partial charge in [-0.3, -0.25) is 19.3 Å². The zero-order valence-electron chi connectivity index (χ0n) is 20.2. The van der Waals surface area contributed by atoms with Crippen molar-refractivity contribution in [3.05, 3.63) is 75.5 Å². The summed E-state index contributed by atoms with van der Waals surface area (Å²) in [6.07, 6.45) is -2.16. The van der Waals surface area contributed by atoms with Crippen molar-refractivity contribution < 1.29 is 37.1 Å². The second-order valence-corrected chi connectivity index (χ2v) is 9.66. The molecule has 0 bridgehead atoms. The van der Waals surface area contributed by atoms with Crippen LogP contribution in [0.1, 0.15) is 35.6 Å². The summed E-state index contributed by atoms with van der Waals surface area (Å²) >= 11 is 3.43. The van der Waals surface area contributed by atoms with Crippen LogP contribution in [-0.4, -0.2) is 65.4 Å². The molecule has 2 aromatic rings. The molecule has 2 amide bonds. The summed E-state index contributed by atoms with van der Waals surface area (Å²) in [5, 5.41) is 11.3. The monoisotopic (exact) mass is 599 g/mol. The average molecular weight is 600 g/mol. The number of carboxylic acid groups (broad SMARTS) is 1. The van der Waals surface area contributed by atoms with Crippen LogP contribution in [0.4, 0.5) is 17.6 Å². The Balaban J connectivity index is 1.62. The van der Waals surface area contributed by atoms with Crippen molar-refractivity contribution in [1.82, 2.24) is 15.1 Å². The van der Waals surface area contributed by atoms with Crippen molar-refractivity contribution in [2.24, 2.45) is 0 Å². The lowest BCUT2D eigenvalue weighted by molar-refractivity contribution is -0.138. The van der Waals surface area contributed by atoms with Gasteiger partial charge in [0.05, 0.1) is 18.2 Å². The first kappa shape index (κ1) is 29.3. The van der Waals surface area contributed by atoms with Crippen LogP contribution in [0.5, 0.6) is 0 Å². The summed E-state index contributed by atoms with van der Waals surface area (Å²) in [6, 6.07) is 9.14. The average Bonchev–Trinajstić information content (AvgIpc) is 2.85. The molecule has 0 aromatic heterocycles. The Hall–Kier alpha value is -3.25. The minimum Gasteiger partial charge on any atom is -0.481 e. The van der Waals surface area contributed by atoms with E-state index in [4.69, 9.17) is 5.11 Å².